The zero-order valence-electron chi connectivity index (χ0n) is 15.9. The van der Waals surface area contributed by atoms with Crippen LogP contribution in [0.5, 0.6) is 17.2 Å². The van der Waals surface area contributed by atoms with Gasteiger partial charge in [-0.25, -0.2) is 0 Å². The van der Waals surface area contributed by atoms with Crippen LogP contribution in [-0.2, 0) is 6.42 Å². The van der Waals surface area contributed by atoms with E-state index in [1.807, 2.05) is 12.1 Å². The lowest BCUT2D eigenvalue weighted by Gasteiger charge is -2.36. The molecular weight excluding hydrogens is 328 g/mol. The van der Waals surface area contributed by atoms with Crippen LogP contribution in [0.2, 0.25) is 0 Å². The third-order valence-electron chi connectivity index (χ3n) is 4.96. The third kappa shape index (κ3) is 4.41. The Labute approximate surface area is 156 Å². The second-order valence-corrected chi connectivity index (χ2v) is 6.47. The van der Waals surface area contributed by atoms with Crippen molar-refractivity contribution in [3.05, 3.63) is 48.0 Å². The van der Waals surface area contributed by atoms with Gasteiger partial charge in [0, 0.05) is 44.5 Å². The van der Waals surface area contributed by atoms with E-state index in [4.69, 9.17) is 14.2 Å². The molecule has 1 saturated heterocycles. The second-order valence-electron chi connectivity index (χ2n) is 6.47. The molecule has 140 valence electrons. The molecule has 3 rings (SSSR count). The highest BCUT2D eigenvalue weighted by Crippen LogP contribution is 2.28. The van der Waals surface area contributed by atoms with Gasteiger partial charge in [-0.15, -0.1) is 0 Å². The molecule has 5 nitrogen and oxygen atoms in total. The van der Waals surface area contributed by atoms with E-state index in [0.29, 0.717) is 0 Å². The lowest BCUT2D eigenvalue weighted by molar-refractivity contribution is 0.260. The van der Waals surface area contributed by atoms with Crippen LogP contribution in [0.15, 0.2) is 42.5 Å². The summed E-state index contributed by atoms with van der Waals surface area (Å²) in [6, 6.07) is 14.5. The van der Waals surface area contributed by atoms with Gasteiger partial charge in [-0.3, -0.25) is 4.90 Å². The summed E-state index contributed by atoms with van der Waals surface area (Å²) in [6.45, 7) is 5.29. The molecule has 1 aliphatic rings. The first kappa shape index (κ1) is 18.4. The fourth-order valence-electron chi connectivity index (χ4n) is 3.36. The van der Waals surface area contributed by atoms with Gasteiger partial charge in [0.1, 0.15) is 5.75 Å². The monoisotopic (exact) mass is 356 g/mol. The van der Waals surface area contributed by atoms with Crippen molar-refractivity contribution in [3.63, 3.8) is 0 Å². The Hall–Kier alpha value is -2.40. The Balaban J connectivity index is 1.51. The molecule has 0 unspecified atom stereocenters. The molecular formula is C21H28N2O3. The lowest BCUT2D eigenvalue weighted by atomic mass is 10.1. The van der Waals surface area contributed by atoms with Crippen molar-refractivity contribution in [2.45, 2.75) is 6.42 Å². The molecule has 26 heavy (non-hydrogen) atoms. The maximum atomic E-state index is 5.40. The minimum atomic E-state index is 0.781. The molecule has 0 amide bonds. The van der Waals surface area contributed by atoms with E-state index >= 15 is 0 Å². The van der Waals surface area contributed by atoms with E-state index < -0.39 is 0 Å². The Morgan fingerprint density at radius 1 is 0.808 bits per heavy atom. The highest BCUT2D eigenvalue weighted by molar-refractivity contribution is 5.51. The van der Waals surface area contributed by atoms with Crippen LogP contribution in [0.25, 0.3) is 0 Å². The molecule has 0 bridgehead atoms. The summed E-state index contributed by atoms with van der Waals surface area (Å²) in [5, 5.41) is 0. The summed E-state index contributed by atoms with van der Waals surface area (Å²) in [7, 11) is 5.06. The molecule has 0 radical (unpaired) electrons. The van der Waals surface area contributed by atoms with Gasteiger partial charge in [0.2, 0.25) is 0 Å². The molecule has 1 heterocycles. The van der Waals surface area contributed by atoms with Crippen molar-refractivity contribution in [3.8, 4) is 17.2 Å². The Morgan fingerprint density at radius 3 is 2.27 bits per heavy atom. The Kier molecular flexibility index (Phi) is 6.23. The standard InChI is InChI=1S/C21H28N2O3/c1-24-19-6-4-5-18(16-19)23-13-11-22(12-14-23)10-9-17-7-8-20(25-2)21(15-17)26-3/h4-8,15-16H,9-14H2,1-3H3. The van der Waals surface area contributed by atoms with Crippen molar-refractivity contribution in [1.82, 2.24) is 4.90 Å². The summed E-state index contributed by atoms with van der Waals surface area (Å²) in [6.07, 6.45) is 1.01. The van der Waals surface area contributed by atoms with Crippen LogP contribution in [0.3, 0.4) is 0 Å². The van der Waals surface area contributed by atoms with E-state index in [9.17, 15) is 0 Å². The lowest BCUT2D eigenvalue weighted by Crippen LogP contribution is -2.47. The molecule has 0 saturated carbocycles. The fourth-order valence-corrected chi connectivity index (χ4v) is 3.36. The van der Waals surface area contributed by atoms with Gasteiger partial charge in [0.05, 0.1) is 21.3 Å². The zero-order chi connectivity index (χ0) is 18.4. The number of methoxy groups -OCH3 is 3. The van der Waals surface area contributed by atoms with E-state index in [2.05, 4.69) is 40.1 Å². The molecule has 2 aromatic carbocycles. The maximum Gasteiger partial charge on any atom is 0.160 e. The van der Waals surface area contributed by atoms with E-state index in [0.717, 1.165) is 56.4 Å². The van der Waals surface area contributed by atoms with Crippen LogP contribution in [-0.4, -0.2) is 59.0 Å². The molecule has 1 aliphatic heterocycles. The first-order chi connectivity index (χ1) is 12.7. The number of piperazine rings is 1. The zero-order valence-corrected chi connectivity index (χ0v) is 15.9. The molecule has 5 heteroatoms. The number of hydrogen-bond acceptors (Lipinski definition) is 5. The first-order valence-corrected chi connectivity index (χ1v) is 9.05. The third-order valence-corrected chi connectivity index (χ3v) is 4.96. The fraction of sp³-hybridized carbons (Fsp3) is 0.429. The number of nitrogens with zero attached hydrogens (tertiary/aromatic N) is 2. The molecule has 0 N–H and O–H groups in total. The molecule has 0 aromatic heterocycles. The quantitative estimate of drug-likeness (QED) is 0.762. The largest absolute Gasteiger partial charge is 0.497 e. The van der Waals surface area contributed by atoms with Crippen molar-refractivity contribution >= 4 is 5.69 Å². The van der Waals surface area contributed by atoms with Crippen molar-refractivity contribution in [1.29, 1.82) is 0 Å². The normalized spacial score (nSPS) is 15.0. The summed E-state index contributed by atoms with van der Waals surface area (Å²) in [5.74, 6) is 2.49. The van der Waals surface area contributed by atoms with Gasteiger partial charge in [0.15, 0.2) is 11.5 Å². The maximum absolute atomic E-state index is 5.40. The van der Waals surface area contributed by atoms with Crippen LogP contribution in [0.4, 0.5) is 5.69 Å². The molecule has 0 spiro atoms. The van der Waals surface area contributed by atoms with E-state index in [1.54, 1.807) is 21.3 Å². The van der Waals surface area contributed by atoms with Gasteiger partial charge < -0.3 is 19.1 Å². The summed E-state index contributed by atoms with van der Waals surface area (Å²) in [4.78, 5) is 4.95. The predicted octanol–water partition coefficient (Wildman–Crippen LogP) is 3.08. The highest BCUT2D eigenvalue weighted by Gasteiger charge is 2.17. The van der Waals surface area contributed by atoms with E-state index in [-0.39, 0.29) is 0 Å². The number of benzene rings is 2. The topological polar surface area (TPSA) is 34.2 Å². The average molecular weight is 356 g/mol. The van der Waals surface area contributed by atoms with Crippen LogP contribution in [0.1, 0.15) is 5.56 Å². The van der Waals surface area contributed by atoms with Gasteiger partial charge in [-0.2, -0.15) is 0 Å². The Morgan fingerprint density at radius 2 is 1.58 bits per heavy atom. The minimum Gasteiger partial charge on any atom is -0.497 e. The van der Waals surface area contributed by atoms with Crippen LogP contribution >= 0.6 is 0 Å². The van der Waals surface area contributed by atoms with Crippen molar-refractivity contribution in [2.75, 3.05) is 59.0 Å². The van der Waals surface area contributed by atoms with E-state index in [1.165, 1.54) is 11.3 Å². The highest BCUT2D eigenvalue weighted by atomic mass is 16.5. The molecule has 2 aromatic rings. The van der Waals surface area contributed by atoms with Crippen LogP contribution < -0.4 is 19.1 Å². The predicted molar refractivity (Wildman–Crippen MR) is 105 cm³/mol. The number of rotatable bonds is 7. The Bertz CT molecular complexity index is 712. The van der Waals surface area contributed by atoms with Gasteiger partial charge in [0.25, 0.3) is 0 Å². The second kappa shape index (κ2) is 8.81. The molecule has 0 aliphatic carbocycles. The summed E-state index contributed by atoms with van der Waals surface area (Å²) >= 11 is 0. The van der Waals surface area contributed by atoms with Crippen molar-refractivity contribution < 1.29 is 14.2 Å². The molecule has 0 atom stereocenters. The number of anilines is 1. The van der Waals surface area contributed by atoms with Crippen LogP contribution in [0, 0.1) is 0 Å². The SMILES string of the molecule is COc1cccc(N2CCN(CCc3ccc(OC)c(OC)c3)CC2)c1. The first-order valence-electron chi connectivity index (χ1n) is 9.05. The summed E-state index contributed by atoms with van der Waals surface area (Å²) < 4.78 is 16.0. The molecule has 1 fully saturated rings. The van der Waals surface area contributed by atoms with Gasteiger partial charge in [-0.05, 0) is 36.2 Å². The van der Waals surface area contributed by atoms with Crippen molar-refractivity contribution in [2.24, 2.45) is 0 Å². The number of ether oxygens (including phenoxy) is 3. The average Bonchev–Trinajstić information content (AvgIpc) is 2.72. The smallest absolute Gasteiger partial charge is 0.160 e. The van der Waals surface area contributed by atoms with Gasteiger partial charge >= 0.3 is 0 Å². The summed E-state index contributed by atoms with van der Waals surface area (Å²) in [5.41, 5.74) is 2.52. The minimum absolute atomic E-state index is 0.781. The number of hydrogen-bond donors (Lipinski definition) is 0. The van der Waals surface area contributed by atoms with Gasteiger partial charge in [-0.1, -0.05) is 12.1 Å².